The summed E-state index contributed by atoms with van der Waals surface area (Å²) in [6.07, 6.45) is 3.91. The van der Waals surface area contributed by atoms with Crippen LogP contribution in [0.3, 0.4) is 0 Å². The predicted octanol–water partition coefficient (Wildman–Crippen LogP) is 1.64. The number of hydrogen-bond donors (Lipinski definition) is 0. The first-order valence-corrected chi connectivity index (χ1v) is 6.61. The monoisotopic (exact) mass is 287 g/mol. The second-order valence-corrected chi connectivity index (χ2v) is 5.13. The van der Waals surface area contributed by atoms with E-state index in [1.807, 2.05) is 11.6 Å². The van der Waals surface area contributed by atoms with Crippen molar-refractivity contribution in [2.24, 2.45) is 7.05 Å². The summed E-state index contributed by atoms with van der Waals surface area (Å²) < 4.78 is 16.0. The SMILES string of the molecule is Cc1cc(F)c2c(c1)C(=O)C(=O)N2CCc1nccn1C. The summed E-state index contributed by atoms with van der Waals surface area (Å²) in [6, 6.07) is 2.89. The van der Waals surface area contributed by atoms with Crippen LogP contribution in [0, 0.1) is 12.7 Å². The number of benzene rings is 1. The molecule has 108 valence electrons. The number of ketones is 1. The topological polar surface area (TPSA) is 55.2 Å². The van der Waals surface area contributed by atoms with Crippen molar-refractivity contribution in [2.45, 2.75) is 13.3 Å². The minimum absolute atomic E-state index is 0.0878. The van der Waals surface area contributed by atoms with Crippen molar-refractivity contribution in [3.05, 3.63) is 47.3 Å². The van der Waals surface area contributed by atoms with Gasteiger partial charge in [-0.1, -0.05) is 0 Å². The van der Waals surface area contributed by atoms with Crippen LogP contribution in [0.4, 0.5) is 10.1 Å². The normalized spacial score (nSPS) is 14.0. The van der Waals surface area contributed by atoms with E-state index in [0.29, 0.717) is 12.0 Å². The first kappa shape index (κ1) is 13.5. The summed E-state index contributed by atoms with van der Waals surface area (Å²) in [6.45, 7) is 1.92. The van der Waals surface area contributed by atoms with Gasteiger partial charge < -0.3 is 9.47 Å². The summed E-state index contributed by atoms with van der Waals surface area (Å²) in [5.74, 6) is -1.09. The third kappa shape index (κ3) is 2.12. The Morgan fingerprint density at radius 3 is 2.71 bits per heavy atom. The first-order valence-electron chi connectivity index (χ1n) is 6.61. The molecule has 1 aromatic carbocycles. The Hall–Kier alpha value is -2.50. The molecule has 0 atom stereocenters. The van der Waals surface area contributed by atoms with Gasteiger partial charge in [-0.2, -0.15) is 0 Å². The van der Waals surface area contributed by atoms with E-state index >= 15 is 0 Å². The summed E-state index contributed by atoms with van der Waals surface area (Å²) >= 11 is 0. The molecule has 1 aliphatic rings. The number of imidazole rings is 1. The number of hydrogen-bond acceptors (Lipinski definition) is 3. The van der Waals surface area contributed by atoms with Crippen LogP contribution in [0.25, 0.3) is 0 Å². The maximum Gasteiger partial charge on any atom is 0.299 e. The summed E-state index contributed by atoms with van der Waals surface area (Å²) in [5, 5.41) is 0. The van der Waals surface area contributed by atoms with Crippen LogP contribution in [-0.4, -0.2) is 27.8 Å². The molecule has 0 fully saturated rings. The molecule has 5 nitrogen and oxygen atoms in total. The summed E-state index contributed by atoms with van der Waals surface area (Å²) in [7, 11) is 1.84. The molecule has 0 saturated carbocycles. The molecule has 0 bridgehead atoms. The molecule has 0 radical (unpaired) electrons. The summed E-state index contributed by atoms with van der Waals surface area (Å²) in [4.78, 5) is 29.4. The van der Waals surface area contributed by atoms with Crippen LogP contribution in [0.2, 0.25) is 0 Å². The minimum Gasteiger partial charge on any atom is -0.338 e. The molecule has 0 N–H and O–H groups in total. The van der Waals surface area contributed by atoms with E-state index in [4.69, 9.17) is 0 Å². The average molecular weight is 287 g/mol. The number of aryl methyl sites for hydroxylation is 2. The van der Waals surface area contributed by atoms with Crippen LogP contribution < -0.4 is 4.90 Å². The maximum absolute atomic E-state index is 14.1. The lowest BCUT2D eigenvalue weighted by molar-refractivity contribution is -0.114. The van der Waals surface area contributed by atoms with Gasteiger partial charge in [0.2, 0.25) is 0 Å². The highest BCUT2D eigenvalue weighted by Crippen LogP contribution is 2.32. The summed E-state index contributed by atoms with van der Waals surface area (Å²) in [5.41, 5.74) is 0.862. The Morgan fingerprint density at radius 2 is 2.05 bits per heavy atom. The van der Waals surface area contributed by atoms with Gasteiger partial charge in [-0.15, -0.1) is 0 Å². The van der Waals surface area contributed by atoms with Gasteiger partial charge in [-0.25, -0.2) is 9.37 Å². The third-order valence-corrected chi connectivity index (χ3v) is 3.64. The molecule has 1 aromatic heterocycles. The number of fused-ring (bicyclic) bond motifs is 1. The maximum atomic E-state index is 14.1. The lowest BCUT2D eigenvalue weighted by Gasteiger charge is -2.17. The fourth-order valence-corrected chi connectivity index (χ4v) is 2.58. The second-order valence-electron chi connectivity index (χ2n) is 5.13. The molecule has 0 unspecified atom stereocenters. The molecule has 6 heteroatoms. The van der Waals surface area contributed by atoms with Gasteiger partial charge in [-0.05, 0) is 24.6 Å². The number of anilines is 1. The number of amides is 1. The molecule has 2 heterocycles. The van der Waals surface area contributed by atoms with E-state index in [-0.39, 0.29) is 17.8 Å². The number of halogens is 1. The number of nitrogens with zero attached hydrogens (tertiary/aromatic N) is 3. The van der Waals surface area contributed by atoms with E-state index < -0.39 is 17.5 Å². The quantitative estimate of drug-likeness (QED) is 0.806. The zero-order chi connectivity index (χ0) is 15.1. The van der Waals surface area contributed by atoms with Crippen molar-refractivity contribution in [3.8, 4) is 0 Å². The Balaban J connectivity index is 1.93. The molecule has 3 rings (SSSR count). The number of carbonyl (C=O) groups is 2. The zero-order valence-corrected chi connectivity index (χ0v) is 11.8. The molecule has 0 spiro atoms. The van der Waals surface area contributed by atoms with Gasteiger partial charge in [0.05, 0.1) is 11.3 Å². The molecule has 1 amide bonds. The van der Waals surface area contributed by atoms with Gasteiger partial charge in [-0.3, -0.25) is 9.59 Å². The van der Waals surface area contributed by atoms with Crippen LogP contribution >= 0.6 is 0 Å². The lowest BCUT2D eigenvalue weighted by atomic mass is 10.1. The van der Waals surface area contributed by atoms with E-state index in [1.54, 1.807) is 25.4 Å². The molecular formula is C15H14FN3O2. The standard InChI is InChI=1S/C15H14FN3O2/c1-9-7-10-13(11(16)8-9)19(15(21)14(10)20)5-3-12-17-4-6-18(12)2/h4,6-8H,3,5H2,1-2H3. The van der Waals surface area contributed by atoms with E-state index in [1.165, 1.54) is 11.0 Å². The Bertz CT molecular complexity index is 751. The Kier molecular flexibility index (Phi) is 3.08. The minimum atomic E-state index is -0.677. The van der Waals surface area contributed by atoms with Crippen molar-refractivity contribution in [3.63, 3.8) is 0 Å². The molecule has 21 heavy (non-hydrogen) atoms. The van der Waals surface area contributed by atoms with Gasteiger partial charge in [0.1, 0.15) is 11.6 Å². The third-order valence-electron chi connectivity index (χ3n) is 3.64. The molecule has 1 aliphatic heterocycles. The number of carbonyl (C=O) groups excluding carboxylic acids is 2. The molecule has 0 saturated heterocycles. The molecular weight excluding hydrogens is 273 g/mol. The zero-order valence-electron chi connectivity index (χ0n) is 11.8. The van der Waals surface area contributed by atoms with Gasteiger partial charge in [0, 0.05) is 32.4 Å². The van der Waals surface area contributed by atoms with Crippen LogP contribution in [0.5, 0.6) is 0 Å². The first-order chi connectivity index (χ1) is 9.99. The highest BCUT2D eigenvalue weighted by Gasteiger charge is 2.38. The average Bonchev–Trinajstić information content (AvgIpc) is 2.93. The van der Waals surface area contributed by atoms with E-state index in [2.05, 4.69) is 4.98 Å². The Labute approximate surface area is 121 Å². The fourth-order valence-electron chi connectivity index (χ4n) is 2.58. The molecule has 0 aliphatic carbocycles. The van der Waals surface area contributed by atoms with E-state index in [9.17, 15) is 14.0 Å². The van der Waals surface area contributed by atoms with Crippen LogP contribution in [-0.2, 0) is 18.3 Å². The lowest BCUT2D eigenvalue weighted by Crippen LogP contribution is -2.32. The largest absolute Gasteiger partial charge is 0.338 e. The highest BCUT2D eigenvalue weighted by molar-refractivity contribution is 6.52. The van der Waals surface area contributed by atoms with Crippen LogP contribution in [0.1, 0.15) is 21.7 Å². The smallest absolute Gasteiger partial charge is 0.299 e. The molecule has 2 aromatic rings. The van der Waals surface area contributed by atoms with E-state index in [0.717, 1.165) is 5.82 Å². The number of Topliss-reactive ketones (excluding diaryl/α,β-unsaturated/α-hetero) is 1. The van der Waals surface area contributed by atoms with Crippen molar-refractivity contribution in [2.75, 3.05) is 11.4 Å². The number of rotatable bonds is 3. The number of aromatic nitrogens is 2. The Morgan fingerprint density at radius 1 is 1.29 bits per heavy atom. The highest BCUT2D eigenvalue weighted by atomic mass is 19.1. The fraction of sp³-hybridized carbons (Fsp3) is 0.267. The second kappa shape index (κ2) is 4.80. The van der Waals surface area contributed by atoms with Gasteiger partial charge >= 0.3 is 0 Å². The van der Waals surface area contributed by atoms with Gasteiger partial charge in [0.15, 0.2) is 0 Å². The van der Waals surface area contributed by atoms with Crippen molar-refractivity contribution < 1.29 is 14.0 Å². The van der Waals surface area contributed by atoms with Crippen molar-refractivity contribution >= 4 is 17.4 Å². The predicted molar refractivity (Wildman–Crippen MR) is 74.7 cm³/mol. The van der Waals surface area contributed by atoms with Crippen molar-refractivity contribution in [1.82, 2.24) is 9.55 Å². The van der Waals surface area contributed by atoms with Crippen molar-refractivity contribution in [1.29, 1.82) is 0 Å². The van der Waals surface area contributed by atoms with Gasteiger partial charge in [0.25, 0.3) is 11.7 Å². The van der Waals surface area contributed by atoms with Crippen LogP contribution in [0.15, 0.2) is 24.5 Å².